The van der Waals surface area contributed by atoms with Gasteiger partial charge >= 0.3 is 0 Å². The Bertz CT molecular complexity index is 364. The Hall–Kier alpha value is -0.680. The Labute approximate surface area is 106 Å². The summed E-state index contributed by atoms with van der Waals surface area (Å²) >= 11 is 1.80. The SMILES string of the molecule is NC1CCC(c2nnc(N3CCCC3)s2)CC1. The average Bonchev–Trinajstić information content (AvgIpc) is 3.00. The highest BCUT2D eigenvalue weighted by atomic mass is 32.1. The molecule has 0 radical (unpaired) electrons. The van der Waals surface area contributed by atoms with Gasteiger partial charge in [-0.2, -0.15) is 0 Å². The van der Waals surface area contributed by atoms with E-state index in [4.69, 9.17) is 5.73 Å². The normalized spacial score (nSPS) is 29.8. The highest BCUT2D eigenvalue weighted by Gasteiger charge is 2.24. The maximum atomic E-state index is 5.94. The fourth-order valence-corrected chi connectivity index (χ4v) is 3.86. The van der Waals surface area contributed by atoms with Gasteiger partial charge in [-0.25, -0.2) is 0 Å². The second kappa shape index (κ2) is 4.90. The van der Waals surface area contributed by atoms with Crippen molar-refractivity contribution in [1.29, 1.82) is 0 Å². The van der Waals surface area contributed by atoms with Crippen LogP contribution in [0.4, 0.5) is 5.13 Å². The highest BCUT2D eigenvalue weighted by Crippen LogP contribution is 2.36. The Balaban J connectivity index is 1.67. The zero-order valence-electron chi connectivity index (χ0n) is 10.1. The van der Waals surface area contributed by atoms with E-state index < -0.39 is 0 Å². The third kappa shape index (κ3) is 2.45. The Morgan fingerprint density at radius 1 is 1.06 bits per heavy atom. The molecule has 4 nitrogen and oxygen atoms in total. The third-order valence-electron chi connectivity index (χ3n) is 3.93. The van der Waals surface area contributed by atoms with Gasteiger partial charge in [0.05, 0.1) is 0 Å². The van der Waals surface area contributed by atoms with Crippen LogP contribution in [0.3, 0.4) is 0 Å². The number of nitrogens with zero attached hydrogens (tertiary/aromatic N) is 3. The summed E-state index contributed by atoms with van der Waals surface area (Å²) in [5.74, 6) is 0.614. The maximum absolute atomic E-state index is 5.94. The molecule has 2 aliphatic rings. The van der Waals surface area contributed by atoms with Crippen molar-refractivity contribution < 1.29 is 0 Å². The lowest BCUT2D eigenvalue weighted by Crippen LogP contribution is -2.25. The van der Waals surface area contributed by atoms with Gasteiger partial charge in [-0.15, -0.1) is 10.2 Å². The zero-order valence-corrected chi connectivity index (χ0v) is 11.0. The first-order valence-corrected chi connectivity index (χ1v) is 7.48. The van der Waals surface area contributed by atoms with Crippen LogP contribution in [-0.4, -0.2) is 29.3 Å². The van der Waals surface area contributed by atoms with Crippen LogP contribution in [0.2, 0.25) is 0 Å². The Kier molecular flexibility index (Phi) is 3.29. The van der Waals surface area contributed by atoms with Gasteiger partial charge in [-0.3, -0.25) is 0 Å². The second-order valence-electron chi connectivity index (χ2n) is 5.23. The van der Waals surface area contributed by atoms with E-state index in [0.717, 1.165) is 31.1 Å². The van der Waals surface area contributed by atoms with E-state index in [1.54, 1.807) is 11.3 Å². The van der Waals surface area contributed by atoms with E-state index in [0.29, 0.717) is 12.0 Å². The molecule has 0 unspecified atom stereocenters. The molecule has 0 spiro atoms. The first kappa shape index (κ1) is 11.4. The number of aromatic nitrogens is 2. The highest BCUT2D eigenvalue weighted by molar-refractivity contribution is 7.15. The largest absolute Gasteiger partial charge is 0.347 e. The summed E-state index contributed by atoms with van der Waals surface area (Å²) in [6.07, 6.45) is 7.26. The van der Waals surface area contributed by atoms with Crippen molar-refractivity contribution in [2.75, 3.05) is 18.0 Å². The van der Waals surface area contributed by atoms with E-state index in [9.17, 15) is 0 Å². The number of hydrogen-bond donors (Lipinski definition) is 1. The summed E-state index contributed by atoms with van der Waals surface area (Å²) < 4.78 is 0. The minimum absolute atomic E-state index is 0.414. The Morgan fingerprint density at radius 2 is 1.76 bits per heavy atom. The van der Waals surface area contributed by atoms with Crippen molar-refractivity contribution in [1.82, 2.24) is 10.2 Å². The fourth-order valence-electron chi connectivity index (χ4n) is 2.79. The quantitative estimate of drug-likeness (QED) is 0.876. The predicted molar refractivity (Wildman–Crippen MR) is 70.5 cm³/mol. The monoisotopic (exact) mass is 252 g/mol. The summed E-state index contributed by atoms with van der Waals surface area (Å²) in [5.41, 5.74) is 5.94. The summed E-state index contributed by atoms with van der Waals surface area (Å²) in [7, 11) is 0. The lowest BCUT2D eigenvalue weighted by Gasteiger charge is -2.23. The molecule has 2 N–H and O–H groups in total. The predicted octanol–water partition coefficient (Wildman–Crippen LogP) is 2.12. The van der Waals surface area contributed by atoms with E-state index in [1.165, 1.54) is 30.7 Å². The van der Waals surface area contributed by atoms with Crippen LogP contribution >= 0.6 is 11.3 Å². The van der Waals surface area contributed by atoms with Crippen molar-refractivity contribution in [2.45, 2.75) is 50.5 Å². The van der Waals surface area contributed by atoms with E-state index >= 15 is 0 Å². The van der Waals surface area contributed by atoms with Crippen LogP contribution < -0.4 is 10.6 Å². The molecule has 1 aliphatic carbocycles. The van der Waals surface area contributed by atoms with E-state index in [-0.39, 0.29) is 0 Å². The van der Waals surface area contributed by atoms with Crippen LogP contribution in [0.5, 0.6) is 0 Å². The van der Waals surface area contributed by atoms with Crippen LogP contribution in [-0.2, 0) is 0 Å². The smallest absolute Gasteiger partial charge is 0.208 e. The van der Waals surface area contributed by atoms with Gasteiger partial charge in [0.1, 0.15) is 5.01 Å². The van der Waals surface area contributed by atoms with Crippen molar-refractivity contribution in [3.8, 4) is 0 Å². The van der Waals surface area contributed by atoms with Gasteiger partial charge in [0.2, 0.25) is 5.13 Å². The van der Waals surface area contributed by atoms with Gasteiger partial charge in [-0.1, -0.05) is 11.3 Å². The molecule has 0 amide bonds. The first-order valence-electron chi connectivity index (χ1n) is 6.67. The molecular formula is C12H20N4S. The summed E-state index contributed by atoms with van der Waals surface area (Å²) in [6.45, 7) is 2.31. The molecule has 5 heteroatoms. The van der Waals surface area contributed by atoms with E-state index in [2.05, 4.69) is 15.1 Å². The van der Waals surface area contributed by atoms with Crippen LogP contribution in [0.15, 0.2) is 0 Å². The number of hydrogen-bond acceptors (Lipinski definition) is 5. The topological polar surface area (TPSA) is 55.0 Å². The van der Waals surface area contributed by atoms with Crippen molar-refractivity contribution >= 4 is 16.5 Å². The molecule has 17 heavy (non-hydrogen) atoms. The molecule has 0 atom stereocenters. The molecule has 1 aliphatic heterocycles. The number of nitrogens with two attached hydrogens (primary N) is 1. The van der Waals surface area contributed by atoms with Gasteiger partial charge in [0.25, 0.3) is 0 Å². The lowest BCUT2D eigenvalue weighted by atomic mass is 9.87. The molecule has 0 aromatic carbocycles. The van der Waals surface area contributed by atoms with Crippen molar-refractivity contribution in [3.05, 3.63) is 5.01 Å². The molecule has 1 saturated heterocycles. The van der Waals surface area contributed by atoms with Crippen LogP contribution in [0.25, 0.3) is 0 Å². The zero-order chi connectivity index (χ0) is 11.7. The van der Waals surface area contributed by atoms with Crippen LogP contribution in [0.1, 0.15) is 49.5 Å². The minimum Gasteiger partial charge on any atom is -0.347 e. The summed E-state index contributed by atoms with van der Waals surface area (Å²) in [6, 6.07) is 0.414. The van der Waals surface area contributed by atoms with Gasteiger partial charge in [-0.05, 0) is 38.5 Å². The third-order valence-corrected chi connectivity index (χ3v) is 5.07. The van der Waals surface area contributed by atoms with Crippen molar-refractivity contribution in [2.24, 2.45) is 5.73 Å². The molecule has 0 bridgehead atoms. The standard InChI is InChI=1S/C12H20N4S/c13-10-5-3-9(4-6-10)11-14-15-12(17-11)16-7-1-2-8-16/h9-10H,1-8,13H2. The fraction of sp³-hybridized carbons (Fsp3) is 0.833. The molecule has 1 aromatic rings. The molecule has 1 saturated carbocycles. The van der Waals surface area contributed by atoms with Crippen LogP contribution in [0, 0.1) is 0 Å². The number of rotatable bonds is 2. The van der Waals surface area contributed by atoms with E-state index in [1.807, 2.05) is 0 Å². The Morgan fingerprint density at radius 3 is 2.47 bits per heavy atom. The number of anilines is 1. The molecule has 94 valence electrons. The lowest BCUT2D eigenvalue weighted by molar-refractivity contribution is 0.393. The van der Waals surface area contributed by atoms with Crippen molar-refractivity contribution in [3.63, 3.8) is 0 Å². The molecule has 2 heterocycles. The second-order valence-corrected chi connectivity index (χ2v) is 6.22. The summed E-state index contributed by atoms with van der Waals surface area (Å²) in [5, 5.41) is 11.1. The van der Waals surface area contributed by atoms with Gasteiger partial charge < -0.3 is 10.6 Å². The first-order chi connectivity index (χ1) is 8.33. The maximum Gasteiger partial charge on any atom is 0.208 e. The van der Waals surface area contributed by atoms with Gasteiger partial charge in [0, 0.05) is 25.0 Å². The average molecular weight is 252 g/mol. The molecule has 3 rings (SSSR count). The minimum atomic E-state index is 0.414. The summed E-state index contributed by atoms with van der Waals surface area (Å²) in [4.78, 5) is 2.37. The molecule has 1 aromatic heterocycles. The molecular weight excluding hydrogens is 232 g/mol. The van der Waals surface area contributed by atoms with Gasteiger partial charge in [0.15, 0.2) is 0 Å². The molecule has 2 fully saturated rings.